The Balaban J connectivity index is 0.000000201. The van der Waals surface area contributed by atoms with Crippen LogP contribution in [0.5, 0.6) is 23.0 Å². The summed E-state index contributed by atoms with van der Waals surface area (Å²) in [5, 5.41) is 0. The first-order chi connectivity index (χ1) is 17.5. The van der Waals surface area contributed by atoms with Crippen LogP contribution in [0.4, 0.5) is 0 Å². The van der Waals surface area contributed by atoms with Gasteiger partial charge in [-0.15, -0.1) is 0 Å². The summed E-state index contributed by atoms with van der Waals surface area (Å²) in [5.74, 6) is -3.01. The summed E-state index contributed by atoms with van der Waals surface area (Å²) in [7, 11) is 0. The van der Waals surface area contributed by atoms with Crippen LogP contribution in [-0.4, -0.2) is 23.9 Å². The monoisotopic (exact) mass is 484 g/mol. The molecular weight excluding hydrogens is 464 g/mol. The van der Waals surface area contributed by atoms with Gasteiger partial charge in [0.15, 0.2) is 0 Å². The molecule has 0 aliphatic carbocycles. The zero-order valence-corrected chi connectivity index (χ0v) is 18.8. The summed E-state index contributed by atoms with van der Waals surface area (Å²) in [4.78, 5) is 45.7. The van der Waals surface area contributed by atoms with Crippen molar-refractivity contribution in [3.05, 3.63) is 121 Å². The second-order valence-electron chi connectivity index (χ2n) is 6.81. The molecule has 0 atom stereocenters. The second-order valence-corrected chi connectivity index (χ2v) is 6.81. The third-order valence-corrected chi connectivity index (χ3v) is 4.15. The van der Waals surface area contributed by atoms with Gasteiger partial charge in [0.1, 0.15) is 23.0 Å². The van der Waals surface area contributed by atoms with Crippen LogP contribution in [0.1, 0.15) is 0 Å². The largest absolute Gasteiger partial charge is 0.423 e. The third-order valence-electron chi connectivity index (χ3n) is 4.15. The highest BCUT2D eigenvalue weighted by atomic mass is 16.6. The van der Waals surface area contributed by atoms with E-state index in [-0.39, 0.29) is 0 Å². The van der Waals surface area contributed by atoms with E-state index in [1.165, 1.54) is 0 Å². The minimum Gasteiger partial charge on any atom is -0.418 e. The normalized spacial score (nSPS) is 9.56. The molecule has 0 aromatic heterocycles. The van der Waals surface area contributed by atoms with Crippen LogP contribution in [0.15, 0.2) is 121 Å². The lowest BCUT2D eigenvalue weighted by Crippen LogP contribution is -2.25. The lowest BCUT2D eigenvalue weighted by molar-refractivity contribution is -0.156. The molecule has 0 unspecified atom stereocenters. The van der Waals surface area contributed by atoms with Gasteiger partial charge in [-0.1, -0.05) is 72.8 Å². The molecule has 4 aromatic carbocycles. The fourth-order valence-electron chi connectivity index (χ4n) is 2.55. The van der Waals surface area contributed by atoms with E-state index in [0.717, 1.165) is 0 Å². The predicted molar refractivity (Wildman–Crippen MR) is 128 cm³/mol. The van der Waals surface area contributed by atoms with Crippen molar-refractivity contribution < 1.29 is 38.1 Å². The molecule has 0 saturated heterocycles. The zero-order chi connectivity index (χ0) is 25.6. The fraction of sp³-hybridized carbons (Fsp3) is 0. The Morgan fingerprint density at radius 1 is 0.306 bits per heavy atom. The van der Waals surface area contributed by atoms with Crippen LogP contribution in [0.2, 0.25) is 0 Å². The Kier molecular flexibility index (Phi) is 9.49. The van der Waals surface area contributed by atoms with Gasteiger partial charge in [-0.25, -0.2) is 19.2 Å². The Morgan fingerprint density at radius 2 is 0.472 bits per heavy atom. The number of carbonyl (C=O) groups is 4. The number of esters is 4. The van der Waals surface area contributed by atoms with Crippen molar-refractivity contribution in [2.75, 3.05) is 0 Å². The topological polar surface area (TPSA) is 105 Å². The molecule has 0 heterocycles. The number of benzene rings is 4. The van der Waals surface area contributed by atoms with Crippen molar-refractivity contribution in [2.45, 2.75) is 0 Å². The summed E-state index contributed by atoms with van der Waals surface area (Å²) in [5.41, 5.74) is 0. The van der Waals surface area contributed by atoms with Crippen LogP contribution in [0, 0.1) is 0 Å². The fourth-order valence-corrected chi connectivity index (χ4v) is 2.55. The van der Waals surface area contributed by atoms with Crippen molar-refractivity contribution >= 4 is 23.9 Å². The van der Waals surface area contributed by atoms with Gasteiger partial charge in [-0.2, -0.15) is 0 Å². The summed E-state index contributed by atoms with van der Waals surface area (Å²) in [6.07, 6.45) is 0. The molecule has 0 amide bonds. The lowest BCUT2D eigenvalue weighted by atomic mass is 10.3. The Labute approximate surface area is 206 Å². The van der Waals surface area contributed by atoms with Gasteiger partial charge in [0.25, 0.3) is 0 Å². The molecule has 36 heavy (non-hydrogen) atoms. The molecule has 0 bridgehead atoms. The van der Waals surface area contributed by atoms with E-state index in [4.69, 9.17) is 18.9 Å². The van der Waals surface area contributed by atoms with Gasteiger partial charge < -0.3 is 18.9 Å². The molecule has 8 nitrogen and oxygen atoms in total. The maximum absolute atomic E-state index is 11.4. The molecule has 4 aromatic rings. The van der Waals surface area contributed by atoms with E-state index in [0.29, 0.717) is 23.0 Å². The molecule has 0 radical (unpaired) electrons. The molecular formula is C28H20O8. The molecule has 180 valence electrons. The third kappa shape index (κ3) is 8.60. The molecule has 0 fully saturated rings. The van der Waals surface area contributed by atoms with Gasteiger partial charge in [0.2, 0.25) is 0 Å². The number of rotatable bonds is 4. The van der Waals surface area contributed by atoms with Crippen molar-refractivity contribution in [1.82, 2.24) is 0 Å². The van der Waals surface area contributed by atoms with Crippen molar-refractivity contribution in [3.63, 3.8) is 0 Å². The van der Waals surface area contributed by atoms with Crippen LogP contribution in [0.25, 0.3) is 0 Å². The molecule has 8 heteroatoms. The van der Waals surface area contributed by atoms with Crippen LogP contribution in [-0.2, 0) is 19.2 Å². The predicted octanol–water partition coefficient (Wildman–Crippen LogP) is 4.40. The van der Waals surface area contributed by atoms with Crippen LogP contribution >= 0.6 is 0 Å². The van der Waals surface area contributed by atoms with E-state index in [2.05, 4.69) is 0 Å². The minimum atomic E-state index is -1.05. The molecule has 4 rings (SSSR count). The Hall–Kier alpha value is -5.24. The molecule has 0 aliphatic heterocycles. The molecule has 0 saturated carbocycles. The van der Waals surface area contributed by atoms with Crippen molar-refractivity contribution in [3.8, 4) is 23.0 Å². The maximum atomic E-state index is 11.4. The lowest BCUT2D eigenvalue weighted by Gasteiger charge is -2.04. The summed E-state index contributed by atoms with van der Waals surface area (Å²) >= 11 is 0. The standard InChI is InChI=1S/2C14H10O4/c2*15-13(17-11-7-3-1-4-8-11)14(16)18-12-9-5-2-6-10-12/h2*1-10H. The van der Waals surface area contributed by atoms with Gasteiger partial charge in [-0.05, 0) is 48.5 Å². The van der Waals surface area contributed by atoms with Crippen LogP contribution in [0.3, 0.4) is 0 Å². The Morgan fingerprint density at radius 3 is 0.639 bits per heavy atom. The van der Waals surface area contributed by atoms with E-state index < -0.39 is 23.9 Å². The average molecular weight is 484 g/mol. The molecule has 0 spiro atoms. The Bertz CT molecular complexity index is 1070. The van der Waals surface area contributed by atoms with Gasteiger partial charge >= 0.3 is 23.9 Å². The van der Waals surface area contributed by atoms with Crippen molar-refractivity contribution in [1.29, 1.82) is 0 Å². The summed E-state index contributed by atoms with van der Waals surface area (Å²) in [6.45, 7) is 0. The van der Waals surface area contributed by atoms with E-state index >= 15 is 0 Å². The van der Waals surface area contributed by atoms with E-state index in [1.807, 2.05) is 0 Å². The number of para-hydroxylation sites is 4. The number of hydrogen-bond donors (Lipinski definition) is 0. The van der Waals surface area contributed by atoms with Gasteiger partial charge in [0, 0.05) is 0 Å². The summed E-state index contributed by atoms with van der Waals surface area (Å²) in [6, 6.07) is 33.3. The van der Waals surface area contributed by atoms with Gasteiger partial charge in [0.05, 0.1) is 0 Å². The highest BCUT2D eigenvalue weighted by Gasteiger charge is 2.19. The van der Waals surface area contributed by atoms with Crippen molar-refractivity contribution in [2.24, 2.45) is 0 Å². The average Bonchev–Trinajstić information content (AvgIpc) is 2.91. The quantitative estimate of drug-likeness (QED) is 0.239. The second kappa shape index (κ2) is 13.5. The first-order valence-corrected chi connectivity index (χ1v) is 10.6. The number of hydrogen-bond acceptors (Lipinski definition) is 8. The minimum absolute atomic E-state index is 0.299. The number of ether oxygens (including phenoxy) is 4. The smallest absolute Gasteiger partial charge is 0.418 e. The zero-order valence-electron chi connectivity index (χ0n) is 18.8. The van der Waals surface area contributed by atoms with Gasteiger partial charge in [-0.3, -0.25) is 0 Å². The SMILES string of the molecule is O=C(Oc1ccccc1)C(=O)Oc1ccccc1.O=C(Oc1ccccc1)C(=O)Oc1ccccc1. The maximum Gasteiger partial charge on any atom is 0.423 e. The number of carbonyl (C=O) groups excluding carboxylic acids is 4. The molecule has 0 aliphatic rings. The first-order valence-electron chi connectivity index (χ1n) is 10.6. The first kappa shape index (κ1) is 25.4. The molecule has 0 N–H and O–H groups in total. The highest BCUT2D eigenvalue weighted by Crippen LogP contribution is 2.12. The highest BCUT2D eigenvalue weighted by molar-refractivity contribution is 6.31. The van der Waals surface area contributed by atoms with Crippen LogP contribution < -0.4 is 18.9 Å². The summed E-state index contributed by atoms with van der Waals surface area (Å²) < 4.78 is 19.3. The van der Waals surface area contributed by atoms with E-state index in [1.54, 1.807) is 121 Å². The van der Waals surface area contributed by atoms with E-state index in [9.17, 15) is 19.2 Å².